The lowest BCUT2D eigenvalue weighted by molar-refractivity contribution is -0.139. The summed E-state index contributed by atoms with van der Waals surface area (Å²) < 4.78 is 0. The molecule has 0 radical (unpaired) electrons. The van der Waals surface area contributed by atoms with E-state index in [1.54, 1.807) is 13.0 Å². The number of carboxylic acid groups (broad SMARTS) is 1. The highest BCUT2D eigenvalue weighted by molar-refractivity contribution is 5.97. The Labute approximate surface area is 112 Å². The molecule has 0 aliphatic rings. The average molecular weight is 265 g/mol. The molecule has 0 unspecified atom stereocenters. The van der Waals surface area contributed by atoms with Crippen molar-refractivity contribution in [1.82, 2.24) is 15.5 Å². The molecule has 1 amide bonds. The minimum absolute atomic E-state index is 0.400. The number of nitrogens with zero attached hydrogens (tertiary/aromatic N) is 2. The van der Waals surface area contributed by atoms with Crippen molar-refractivity contribution in [2.45, 2.75) is 46.1 Å². The summed E-state index contributed by atoms with van der Waals surface area (Å²) in [6.07, 6.45) is 1.66. The van der Waals surface area contributed by atoms with Crippen LogP contribution in [0, 0.1) is 6.92 Å². The van der Waals surface area contributed by atoms with Crippen molar-refractivity contribution in [3.05, 3.63) is 23.0 Å². The lowest BCUT2D eigenvalue weighted by Crippen LogP contribution is -2.41. The van der Waals surface area contributed by atoms with Crippen LogP contribution in [-0.2, 0) is 11.2 Å². The van der Waals surface area contributed by atoms with E-state index in [0.717, 1.165) is 0 Å². The molecule has 1 aromatic heterocycles. The van der Waals surface area contributed by atoms with Gasteiger partial charge < -0.3 is 10.4 Å². The second-order valence-electron chi connectivity index (χ2n) is 4.35. The molecule has 0 aromatic carbocycles. The van der Waals surface area contributed by atoms with Crippen molar-refractivity contribution >= 4 is 11.9 Å². The molecule has 1 heterocycles. The smallest absolute Gasteiger partial charge is 0.326 e. The molecule has 2 N–H and O–H groups in total. The molecule has 0 saturated heterocycles. The Bertz CT molecular complexity index is 474. The predicted octanol–water partition coefficient (Wildman–Crippen LogP) is 1.33. The second kappa shape index (κ2) is 6.82. The van der Waals surface area contributed by atoms with Crippen LogP contribution < -0.4 is 5.32 Å². The molecule has 0 saturated carbocycles. The van der Waals surface area contributed by atoms with Crippen LogP contribution in [0.1, 0.15) is 48.4 Å². The minimum atomic E-state index is -1.02. The van der Waals surface area contributed by atoms with E-state index in [2.05, 4.69) is 15.5 Å². The summed E-state index contributed by atoms with van der Waals surface area (Å²) in [6, 6.07) is 0.766. The van der Waals surface area contributed by atoms with Crippen molar-refractivity contribution in [2.24, 2.45) is 0 Å². The number of amides is 1. The molecule has 0 aliphatic carbocycles. The first-order valence-electron chi connectivity index (χ1n) is 6.36. The van der Waals surface area contributed by atoms with Gasteiger partial charge in [-0.1, -0.05) is 20.3 Å². The van der Waals surface area contributed by atoms with Crippen LogP contribution in [-0.4, -0.2) is 33.2 Å². The maximum absolute atomic E-state index is 12.1. The van der Waals surface area contributed by atoms with Gasteiger partial charge in [-0.2, -0.15) is 10.2 Å². The lowest BCUT2D eigenvalue weighted by Gasteiger charge is -2.14. The van der Waals surface area contributed by atoms with Crippen molar-refractivity contribution in [3.63, 3.8) is 0 Å². The molecule has 0 fully saturated rings. The van der Waals surface area contributed by atoms with Crippen LogP contribution >= 0.6 is 0 Å². The lowest BCUT2D eigenvalue weighted by atomic mass is 10.1. The van der Waals surface area contributed by atoms with Gasteiger partial charge in [0.1, 0.15) is 6.04 Å². The fourth-order valence-corrected chi connectivity index (χ4v) is 1.75. The van der Waals surface area contributed by atoms with Crippen LogP contribution in [0.4, 0.5) is 0 Å². The van der Waals surface area contributed by atoms with Gasteiger partial charge in [0.25, 0.3) is 5.91 Å². The zero-order chi connectivity index (χ0) is 14.4. The number of rotatable bonds is 6. The highest BCUT2D eigenvalue weighted by Gasteiger charge is 2.21. The summed E-state index contributed by atoms with van der Waals surface area (Å²) in [7, 11) is 0. The number of carbonyl (C=O) groups is 2. The number of aliphatic carboxylic acids is 1. The van der Waals surface area contributed by atoms with Gasteiger partial charge in [-0.15, -0.1) is 0 Å². The summed E-state index contributed by atoms with van der Waals surface area (Å²) in [5.74, 6) is -1.43. The number of aromatic nitrogens is 2. The first kappa shape index (κ1) is 15.1. The Morgan fingerprint density at radius 3 is 2.58 bits per heavy atom. The summed E-state index contributed by atoms with van der Waals surface area (Å²) in [6.45, 7) is 5.48. The van der Waals surface area contributed by atoms with Crippen molar-refractivity contribution in [2.75, 3.05) is 0 Å². The van der Waals surface area contributed by atoms with Gasteiger partial charge in [0.2, 0.25) is 0 Å². The van der Waals surface area contributed by atoms with Crippen molar-refractivity contribution in [1.29, 1.82) is 0 Å². The van der Waals surface area contributed by atoms with Crippen LogP contribution in [0.3, 0.4) is 0 Å². The highest BCUT2D eigenvalue weighted by atomic mass is 16.4. The second-order valence-corrected chi connectivity index (χ2v) is 4.35. The fraction of sp³-hybridized carbons (Fsp3) is 0.538. The summed E-state index contributed by atoms with van der Waals surface area (Å²) in [4.78, 5) is 23.2. The minimum Gasteiger partial charge on any atom is -0.480 e. The van der Waals surface area contributed by atoms with E-state index in [-0.39, 0.29) is 0 Å². The van der Waals surface area contributed by atoms with Gasteiger partial charge in [-0.05, 0) is 25.8 Å². The molecule has 1 atom stereocenters. The van der Waals surface area contributed by atoms with E-state index < -0.39 is 17.9 Å². The fourth-order valence-electron chi connectivity index (χ4n) is 1.75. The van der Waals surface area contributed by atoms with Gasteiger partial charge in [-0.3, -0.25) is 4.79 Å². The number of aryl methyl sites for hydroxylation is 2. The van der Waals surface area contributed by atoms with Gasteiger partial charge in [0.15, 0.2) is 0 Å². The summed E-state index contributed by atoms with van der Waals surface area (Å²) in [5.41, 5.74) is 1.60. The number of nitrogens with one attached hydrogen (secondary N) is 1. The molecule has 1 aromatic rings. The Kier molecular flexibility index (Phi) is 5.41. The summed E-state index contributed by atoms with van der Waals surface area (Å²) >= 11 is 0. The number of hydrogen-bond donors (Lipinski definition) is 2. The van der Waals surface area contributed by atoms with Crippen LogP contribution in [0.15, 0.2) is 6.07 Å². The molecular weight excluding hydrogens is 246 g/mol. The Hall–Kier alpha value is -1.98. The third-order valence-electron chi connectivity index (χ3n) is 2.75. The maximum Gasteiger partial charge on any atom is 0.326 e. The standard InChI is InChI=1S/C13H19N3O3/c1-4-6-11(13(18)19)14-12(17)9-7-8(3)15-16-10(9)5-2/h7,11H,4-6H2,1-3H3,(H,14,17)(H,18,19)/t11-/m0/s1. The van der Waals surface area contributed by atoms with E-state index >= 15 is 0 Å². The third-order valence-corrected chi connectivity index (χ3v) is 2.75. The molecule has 19 heavy (non-hydrogen) atoms. The molecule has 0 aliphatic heterocycles. The van der Waals surface area contributed by atoms with Crippen LogP contribution in [0.5, 0.6) is 0 Å². The zero-order valence-electron chi connectivity index (χ0n) is 11.4. The normalized spacial score (nSPS) is 11.9. The number of carboxylic acids is 1. The number of hydrogen-bond acceptors (Lipinski definition) is 4. The number of carbonyl (C=O) groups excluding carboxylic acids is 1. The highest BCUT2D eigenvalue weighted by Crippen LogP contribution is 2.08. The van der Waals surface area contributed by atoms with Crippen LogP contribution in [0.25, 0.3) is 0 Å². The monoisotopic (exact) mass is 265 g/mol. The van der Waals surface area contributed by atoms with E-state index in [1.807, 2.05) is 13.8 Å². The molecule has 6 heteroatoms. The van der Waals surface area contributed by atoms with Gasteiger partial charge in [0, 0.05) is 0 Å². The Balaban J connectivity index is 2.93. The van der Waals surface area contributed by atoms with Gasteiger partial charge in [0.05, 0.1) is 17.0 Å². The molecular formula is C13H19N3O3. The third kappa shape index (κ3) is 4.01. The van der Waals surface area contributed by atoms with E-state index in [0.29, 0.717) is 36.2 Å². The first-order chi connectivity index (χ1) is 8.99. The molecule has 1 rings (SSSR count). The SMILES string of the molecule is CCC[C@H](NC(=O)c1cc(C)nnc1CC)C(=O)O. The molecule has 0 spiro atoms. The maximum atomic E-state index is 12.1. The largest absolute Gasteiger partial charge is 0.480 e. The Morgan fingerprint density at radius 2 is 2.05 bits per heavy atom. The molecule has 6 nitrogen and oxygen atoms in total. The van der Waals surface area contributed by atoms with Gasteiger partial charge >= 0.3 is 5.97 Å². The predicted molar refractivity (Wildman–Crippen MR) is 69.9 cm³/mol. The molecule has 0 bridgehead atoms. The van der Waals surface area contributed by atoms with Crippen molar-refractivity contribution in [3.8, 4) is 0 Å². The van der Waals surface area contributed by atoms with E-state index in [9.17, 15) is 9.59 Å². The average Bonchev–Trinajstić information content (AvgIpc) is 2.37. The topological polar surface area (TPSA) is 92.2 Å². The van der Waals surface area contributed by atoms with E-state index in [1.165, 1.54) is 0 Å². The van der Waals surface area contributed by atoms with Gasteiger partial charge in [-0.25, -0.2) is 4.79 Å². The van der Waals surface area contributed by atoms with Crippen molar-refractivity contribution < 1.29 is 14.7 Å². The molecule has 104 valence electrons. The van der Waals surface area contributed by atoms with E-state index in [4.69, 9.17) is 5.11 Å². The van der Waals surface area contributed by atoms with Crippen LogP contribution in [0.2, 0.25) is 0 Å². The quantitative estimate of drug-likeness (QED) is 0.809. The first-order valence-corrected chi connectivity index (χ1v) is 6.36. The Morgan fingerprint density at radius 1 is 1.37 bits per heavy atom. The zero-order valence-corrected chi connectivity index (χ0v) is 11.4. The summed E-state index contributed by atoms with van der Waals surface area (Å²) in [5, 5.41) is 19.4.